The first kappa shape index (κ1) is 18.3. The summed E-state index contributed by atoms with van der Waals surface area (Å²) in [6, 6.07) is 27.7. The normalized spacial score (nSPS) is 11.9. The van der Waals surface area contributed by atoms with Crippen molar-refractivity contribution in [3.8, 4) is 11.4 Å². The highest BCUT2D eigenvalue weighted by atomic mass is 15.1. The number of aromatic nitrogens is 4. The molecule has 0 saturated heterocycles. The molecular formula is C29H20N4. The van der Waals surface area contributed by atoms with Gasteiger partial charge in [-0.05, 0) is 58.8 Å². The second-order valence-corrected chi connectivity index (χ2v) is 8.37. The Morgan fingerprint density at radius 1 is 0.636 bits per heavy atom. The molecule has 7 rings (SSSR count). The maximum absolute atomic E-state index is 5.33. The minimum absolute atomic E-state index is 0.805. The minimum atomic E-state index is 0.805. The summed E-state index contributed by atoms with van der Waals surface area (Å²) in [5.41, 5.74) is 5.09. The van der Waals surface area contributed by atoms with Crippen LogP contribution in [0.5, 0.6) is 0 Å². The number of benzene rings is 4. The van der Waals surface area contributed by atoms with Crippen LogP contribution in [-0.4, -0.2) is 19.5 Å². The lowest BCUT2D eigenvalue weighted by Crippen LogP contribution is -1.99. The number of pyridine rings is 2. The van der Waals surface area contributed by atoms with Gasteiger partial charge in [0.05, 0.1) is 22.1 Å². The number of hydrogen-bond donors (Lipinski definition) is 0. The lowest BCUT2D eigenvalue weighted by Gasteiger charge is -2.13. The third kappa shape index (κ3) is 2.49. The lowest BCUT2D eigenvalue weighted by atomic mass is 9.96. The Hall–Kier alpha value is -4.31. The van der Waals surface area contributed by atoms with E-state index in [4.69, 9.17) is 9.97 Å². The molecule has 4 aromatic carbocycles. The summed E-state index contributed by atoms with van der Waals surface area (Å²) < 4.78 is 2.35. The van der Waals surface area contributed by atoms with Gasteiger partial charge >= 0.3 is 0 Å². The summed E-state index contributed by atoms with van der Waals surface area (Å²) >= 11 is 0. The van der Waals surface area contributed by atoms with Gasteiger partial charge in [-0.25, -0.2) is 4.98 Å². The Morgan fingerprint density at radius 3 is 1.88 bits per heavy atom. The molecule has 33 heavy (non-hydrogen) atoms. The number of nitrogens with zero attached hydrogens (tertiary/aromatic N) is 4. The van der Waals surface area contributed by atoms with Crippen LogP contribution in [0.4, 0.5) is 0 Å². The molecule has 0 radical (unpaired) electrons. The first-order chi connectivity index (χ1) is 16.3. The standard InChI is InChI=1S/C29H20N4/c1-2-33-28-23-14-8-16-31-26(23)25-22(13-7-15-30-25)27(28)32-29(33)24-20-11-5-3-9-18(20)17-19-10-4-6-12-21(19)24/h3-17H,2H2,1H3. The molecule has 4 nitrogen and oxygen atoms in total. The molecule has 0 bridgehead atoms. The van der Waals surface area contributed by atoms with Gasteiger partial charge in [0.15, 0.2) is 0 Å². The van der Waals surface area contributed by atoms with Crippen LogP contribution in [0.2, 0.25) is 0 Å². The molecule has 7 aromatic rings. The van der Waals surface area contributed by atoms with Gasteiger partial charge in [-0.15, -0.1) is 0 Å². The van der Waals surface area contributed by atoms with Crippen LogP contribution >= 0.6 is 0 Å². The van der Waals surface area contributed by atoms with Crippen molar-refractivity contribution in [2.45, 2.75) is 13.5 Å². The molecule has 0 N–H and O–H groups in total. The molecule has 3 heterocycles. The zero-order valence-corrected chi connectivity index (χ0v) is 18.2. The summed E-state index contributed by atoms with van der Waals surface area (Å²) in [5.74, 6) is 0.988. The zero-order valence-electron chi connectivity index (χ0n) is 18.2. The fraction of sp³-hybridized carbons (Fsp3) is 0.0690. The van der Waals surface area contributed by atoms with E-state index in [0.29, 0.717) is 0 Å². The van der Waals surface area contributed by atoms with Crippen molar-refractivity contribution < 1.29 is 0 Å². The van der Waals surface area contributed by atoms with Crippen LogP contribution in [0.1, 0.15) is 6.92 Å². The van der Waals surface area contributed by atoms with Gasteiger partial charge in [-0.3, -0.25) is 9.97 Å². The lowest BCUT2D eigenvalue weighted by molar-refractivity contribution is 0.799. The second kappa shape index (κ2) is 6.84. The molecule has 0 aliphatic rings. The number of imidazole rings is 1. The van der Waals surface area contributed by atoms with Crippen LogP contribution < -0.4 is 0 Å². The van der Waals surface area contributed by atoms with Gasteiger partial charge in [0, 0.05) is 35.3 Å². The van der Waals surface area contributed by atoms with Crippen LogP contribution in [0, 0.1) is 0 Å². The number of fused-ring (bicyclic) bond motifs is 8. The first-order valence-electron chi connectivity index (χ1n) is 11.3. The molecule has 0 atom stereocenters. The highest BCUT2D eigenvalue weighted by Crippen LogP contribution is 2.40. The van der Waals surface area contributed by atoms with E-state index in [1.807, 2.05) is 24.5 Å². The third-order valence-electron chi connectivity index (χ3n) is 6.63. The van der Waals surface area contributed by atoms with Crippen molar-refractivity contribution >= 4 is 54.4 Å². The van der Waals surface area contributed by atoms with E-state index in [1.54, 1.807) is 0 Å². The van der Waals surface area contributed by atoms with Crippen LogP contribution in [-0.2, 0) is 6.54 Å². The fourth-order valence-corrected chi connectivity index (χ4v) is 5.24. The van der Waals surface area contributed by atoms with Crippen molar-refractivity contribution in [3.63, 3.8) is 0 Å². The van der Waals surface area contributed by atoms with Gasteiger partial charge in [0.2, 0.25) is 0 Å². The molecule has 156 valence electrons. The van der Waals surface area contributed by atoms with Crippen LogP contribution in [0.3, 0.4) is 0 Å². The molecule has 0 aliphatic heterocycles. The highest BCUT2D eigenvalue weighted by molar-refractivity contribution is 6.22. The molecule has 0 amide bonds. The van der Waals surface area contributed by atoms with Crippen LogP contribution in [0.25, 0.3) is 65.8 Å². The van der Waals surface area contributed by atoms with Crippen molar-refractivity contribution in [2.75, 3.05) is 0 Å². The van der Waals surface area contributed by atoms with Gasteiger partial charge in [0.1, 0.15) is 5.82 Å². The predicted molar refractivity (Wildman–Crippen MR) is 136 cm³/mol. The van der Waals surface area contributed by atoms with E-state index in [2.05, 4.69) is 83.2 Å². The maximum atomic E-state index is 5.33. The van der Waals surface area contributed by atoms with E-state index < -0.39 is 0 Å². The van der Waals surface area contributed by atoms with Gasteiger partial charge in [-0.1, -0.05) is 48.5 Å². The Morgan fingerprint density at radius 2 is 1.21 bits per heavy atom. The van der Waals surface area contributed by atoms with E-state index in [0.717, 1.165) is 45.2 Å². The van der Waals surface area contributed by atoms with Crippen molar-refractivity contribution in [1.82, 2.24) is 19.5 Å². The Kier molecular flexibility index (Phi) is 3.79. The number of rotatable bonds is 2. The van der Waals surface area contributed by atoms with Gasteiger partial charge in [-0.2, -0.15) is 0 Å². The fourth-order valence-electron chi connectivity index (χ4n) is 5.24. The highest BCUT2D eigenvalue weighted by Gasteiger charge is 2.21. The largest absolute Gasteiger partial charge is 0.324 e. The summed E-state index contributed by atoms with van der Waals surface area (Å²) in [6.07, 6.45) is 3.67. The third-order valence-corrected chi connectivity index (χ3v) is 6.63. The molecule has 0 unspecified atom stereocenters. The monoisotopic (exact) mass is 424 g/mol. The van der Waals surface area contributed by atoms with Crippen molar-refractivity contribution in [1.29, 1.82) is 0 Å². The maximum Gasteiger partial charge on any atom is 0.142 e. The Labute approximate surface area is 190 Å². The van der Waals surface area contributed by atoms with Crippen molar-refractivity contribution in [2.24, 2.45) is 0 Å². The summed E-state index contributed by atoms with van der Waals surface area (Å²) in [4.78, 5) is 14.7. The summed E-state index contributed by atoms with van der Waals surface area (Å²) in [5, 5.41) is 7.00. The topological polar surface area (TPSA) is 43.6 Å². The molecule has 4 heteroatoms. The van der Waals surface area contributed by atoms with Crippen LogP contribution in [0.15, 0.2) is 91.3 Å². The van der Waals surface area contributed by atoms with E-state index in [1.165, 1.54) is 27.1 Å². The van der Waals surface area contributed by atoms with E-state index >= 15 is 0 Å². The molecule has 0 spiro atoms. The van der Waals surface area contributed by atoms with Crippen molar-refractivity contribution in [3.05, 3.63) is 91.3 Å². The SMILES string of the molecule is CCn1c(-c2c3ccccc3cc3ccccc23)nc2c3cccnc3c3ncccc3c21. The van der Waals surface area contributed by atoms with Gasteiger partial charge < -0.3 is 4.57 Å². The quantitative estimate of drug-likeness (QED) is 0.219. The summed E-state index contributed by atoms with van der Waals surface area (Å²) in [7, 11) is 0. The average Bonchev–Trinajstić information content (AvgIpc) is 3.27. The molecule has 3 aromatic heterocycles. The zero-order chi connectivity index (χ0) is 21.9. The summed E-state index contributed by atoms with van der Waals surface area (Å²) in [6.45, 7) is 2.99. The first-order valence-corrected chi connectivity index (χ1v) is 11.3. The van der Waals surface area contributed by atoms with Gasteiger partial charge in [0.25, 0.3) is 0 Å². The van der Waals surface area contributed by atoms with E-state index in [9.17, 15) is 0 Å². The number of aryl methyl sites for hydroxylation is 1. The van der Waals surface area contributed by atoms with E-state index in [-0.39, 0.29) is 0 Å². The predicted octanol–water partition coefficient (Wildman–Crippen LogP) is 7.13. The molecular weight excluding hydrogens is 404 g/mol. The molecule has 0 aliphatic carbocycles. The minimum Gasteiger partial charge on any atom is -0.324 e. The molecule has 0 saturated carbocycles. The number of hydrogen-bond acceptors (Lipinski definition) is 3. The Bertz CT molecular complexity index is 1810. The Balaban J connectivity index is 1.75. The molecule has 0 fully saturated rings. The second-order valence-electron chi connectivity index (χ2n) is 8.37. The average molecular weight is 425 g/mol. The smallest absolute Gasteiger partial charge is 0.142 e.